The van der Waals surface area contributed by atoms with Crippen LogP contribution in [0.15, 0.2) is 73.1 Å². The molecule has 5 rings (SSSR count). The number of rotatable bonds is 10. The minimum Gasteiger partial charge on any atom is -0.504 e. The summed E-state index contributed by atoms with van der Waals surface area (Å²) in [4.78, 5) is 34.4. The molecule has 240 valence electrons. The number of carbonyl (C=O) groups is 2. The van der Waals surface area contributed by atoms with Crippen molar-refractivity contribution in [3.63, 3.8) is 0 Å². The Kier molecular flexibility index (Phi) is 10.4. The fraction of sp³-hybridized carbons (Fsp3) is 0.229. The van der Waals surface area contributed by atoms with E-state index >= 15 is 0 Å². The van der Waals surface area contributed by atoms with Gasteiger partial charge in [0.15, 0.2) is 11.5 Å². The van der Waals surface area contributed by atoms with Crippen LogP contribution in [0.1, 0.15) is 40.0 Å². The van der Waals surface area contributed by atoms with Gasteiger partial charge in [-0.25, -0.2) is 20.2 Å². The van der Waals surface area contributed by atoms with Gasteiger partial charge in [0.05, 0.1) is 14.2 Å². The third-order valence-electron chi connectivity index (χ3n) is 8.01. The maximum atomic E-state index is 12.0. The lowest BCUT2D eigenvalue weighted by Crippen LogP contribution is -2.42. The Bertz CT molecular complexity index is 1810. The summed E-state index contributed by atoms with van der Waals surface area (Å²) in [7, 11) is 2.76. The first kappa shape index (κ1) is 32.6. The summed E-state index contributed by atoms with van der Waals surface area (Å²) in [5, 5.41) is 33.3. The normalized spacial score (nSPS) is 13.3. The molecule has 0 atom stereocenters. The molecule has 1 fully saturated rings. The Morgan fingerprint density at radius 1 is 1.04 bits per heavy atom. The number of phenolic OH excluding ortho intramolecular Hbond substituents is 1. The van der Waals surface area contributed by atoms with Gasteiger partial charge in [-0.2, -0.15) is 5.26 Å². The number of carbonyl (C=O) groups excluding carboxylic acids is 2. The number of hydrogen-bond donors (Lipinski definition) is 4. The number of hydroxylamine groups is 1. The molecule has 47 heavy (non-hydrogen) atoms. The number of benzene rings is 2. The monoisotopic (exact) mass is 634 g/mol. The molecule has 0 aliphatic carbocycles. The summed E-state index contributed by atoms with van der Waals surface area (Å²) in [5.74, 6) is -0.330. The Labute approximate surface area is 271 Å². The molecule has 2 aromatic heterocycles. The molecule has 0 spiro atoms. The standard InChI is InChI=1S/C35H34N6O6/c1-46-31-11-9-24(17-30(31)42)28-21-39-34(27(18-36)33(28)25-8-10-29(38-20-25)35(44)47-2)41-15-13-26(14-16-41)37-19-23-5-3-22(4-6-23)7-12-32(43)40-45/h3-12,17,20-21,26,37,42,45H,13-16,19H2,1-2H3,(H,40,43)/b12-7+. The van der Waals surface area contributed by atoms with Crippen LogP contribution in [-0.2, 0) is 16.1 Å². The Morgan fingerprint density at radius 2 is 1.79 bits per heavy atom. The van der Waals surface area contributed by atoms with E-state index in [9.17, 15) is 20.0 Å². The average molecular weight is 635 g/mol. The third-order valence-corrected chi connectivity index (χ3v) is 8.01. The maximum Gasteiger partial charge on any atom is 0.356 e. The zero-order chi connectivity index (χ0) is 33.3. The summed E-state index contributed by atoms with van der Waals surface area (Å²) in [6.45, 7) is 2.03. The predicted octanol–water partition coefficient (Wildman–Crippen LogP) is 4.46. The van der Waals surface area contributed by atoms with Crippen LogP contribution in [0.5, 0.6) is 11.5 Å². The van der Waals surface area contributed by atoms with Gasteiger partial charge < -0.3 is 24.8 Å². The van der Waals surface area contributed by atoms with Gasteiger partial charge in [0.25, 0.3) is 5.91 Å². The van der Waals surface area contributed by atoms with Crippen molar-refractivity contribution in [2.45, 2.75) is 25.4 Å². The van der Waals surface area contributed by atoms with Crippen LogP contribution >= 0.6 is 0 Å². The van der Waals surface area contributed by atoms with Crippen LogP contribution in [0.3, 0.4) is 0 Å². The first-order chi connectivity index (χ1) is 22.8. The molecule has 0 bridgehead atoms. The largest absolute Gasteiger partial charge is 0.504 e. The van der Waals surface area contributed by atoms with Gasteiger partial charge >= 0.3 is 5.97 Å². The molecule has 0 saturated carbocycles. The first-order valence-corrected chi connectivity index (χ1v) is 14.9. The van der Waals surface area contributed by atoms with Gasteiger partial charge in [0, 0.05) is 60.8 Å². The fourth-order valence-electron chi connectivity index (χ4n) is 5.50. The first-order valence-electron chi connectivity index (χ1n) is 14.9. The highest BCUT2D eigenvalue weighted by molar-refractivity contribution is 5.92. The number of amides is 1. The van der Waals surface area contributed by atoms with Gasteiger partial charge in [-0.05, 0) is 53.8 Å². The number of phenols is 1. The molecule has 3 heterocycles. The van der Waals surface area contributed by atoms with E-state index in [0.717, 1.165) is 24.0 Å². The molecule has 1 aliphatic rings. The number of nitrogens with zero attached hydrogens (tertiary/aromatic N) is 4. The van der Waals surface area contributed by atoms with E-state index in [1.165, 1.54) is 26.5 Å². The molecule has 4 N–H and O–H groups in total. The molecular formula is C35H34N6O6. The molecule has 1 amide bonds. The van der Waals surface area contributed by atoms with Crippen molar-refractivity contribution in [1.82, 2.24) is 20.8 Å². The number of methoxy groups -OCH3 is 2. The van der Waals surface area contributed by atoms with E-state index in [1.54, 1.807) is 48.1 Å². The Balaban J connectivity index is 1.36. The molecule has 2 aromatic carbocycles. The Morgan fingerprint density at radius 3 is 2.40 bits per heavy atom. The molecule has 4 aromatic rings. The van der Waals surface area contributed by atoms with Crippen molar-refractivity contribution < 1.29 is 29.4 Å². The highest BCUT2D eigenvalue weighted by Gasteiger charge is 2.26. The minimum atomic E-state index is -0.588. The molecule has 12 heteroatoms. The summed E-state index contributed by atoms with van der Waals surface area (Å²) in [6, 6.07) is 18.7. The number of esters is 1. The molecular weight excluding hydrogens is 600 g/mol. The van der Waals surface area contributed by atoms with Crippen molar-refractivity contribution in [2.75, 3.05) is 32.2 Å². The molecule has 1 aliphatic heterocycles. The van der Waals surface area contributed by atoms with Crippen molar-refractivity contribution >= 4 is 23.8 Å². The van der Waals surface area contributed by atoms with E-state index in [2.05, 4.69) is 21.3 Å². The van der Waals surface area contributed by atoms with Crippen molar-refractivity contribution in [1.29, 1.82) is 5.26 Å². The molecule has 12 nitrogen and oxygen atoms in total. The van der Waals surface area contributed by atoms with E-state index in [0.29, 0.717) is 59.0 Å². The van der Waals surface area contributed by atoms with Gasteiger partial charge in [0.2, 0.25) is 0 Å². The quantitative estimate of drug-likeness (QED) is 0.0841. The van der Waals surface area contributed by atoms with Crippen molar-refractivity contribution in [3.8, 4) is 39.8 Å². The van der Waals surface area contributed by atoms with Crippen LogP contribution in [0.2, 0.25) is 0 Å². The second kappa shape index (κ2) is 15.0. The number of nitrogens with one attached hydrogen (secondary N) is 2. The third kappa shape index (κ3) is 7.55. The van der Waals surface area contributed by atoms with E-state index < -0.39 is 11.9 Å². The molecule has 1 saturated heterocycles. The smallest absolute Gasteiger partial charge is 0.356 e. The second-order valence-corrected chi connectivity index (χ2v) is 10.9. The summed E-state index contributed by atoms with van der Waals surface area (Å²) in [5.41, 5.74) is 6.46. The van der Waals surface area contributed by atoms with E-state index in [-0.39, 0.29) is 17.5 Å². The lowest BCUT2D eigenvalue weighted by atomic mass is 9.92. The summed E-state index contributed by atoms with van der Waals surface area (Å²) in [6.07, 6.45) is 7.77. The number of anilines is 1. The number of nitriles is 1. The van der Waals surface area contributed by atoms with Crippen LogP contribution in [-0.4, -0.2) is 65.5 Å². The van der Waals surface area contributed by atoms with Gasteiger partial charge in [-0.1, -0.05) is 36.4 Å². The van der Waals surface area contributed by atoms with E-state index in [1.807, 2.05) is 24.3 Å². The summed E-state index contributed by atoms with van der Waals surface area (Å²) >= 11 is 0. The maximum absolute atomic E-state index is 12.0. The van der Waals surface area contributed by atoms with Gasteiger partial charge in [0.1, 0.15) is 23.1 Å². The van der Waals surface area contributed by atoms with Crippen LogP contribution in [0.4, 0.5) is 5.82 Å². The highest BCUT2D eigenvalue weighted by atomic mass is 16.5. The van der Waals surface area contributed by atoms with Crippen LogP contribution in [0.25, 0.3) is 28.3 Å². The van der Waals surface area contributed by atoms with Crippen molar-refractivity contribution in [3.05, 3.63) is 95.5 Å². The number of piperidine rings is 1. The van der Waals surface area contributed by atoms with Gasteiger partial charge in [-0.3, -0.25) is 10.0 Å². The highest BCUT2D eigenvalue weighted by Crippen LogP contribution is 2.40. The summed E-state index contributed by atoms with van der Waals surface area (Å²) < 4.78 is 10.0. The fourth-order valence-corrected chi connectivity index (χ4v) is 5.50. The number of aromatic nitrogens is 2. The predicted molar refractivity (Wildman–Crippen MR) is 175 cm³/mol. The zero-order valence-corrected chi connectivity index (χ0v) is 25.9. The number of pyridine rings is 2. The molecule has 0 radical (unpaired) electrons. The Hall–Kier alpha value is -5.77. The molecule has 0 unspecified atom stereocenters. The zero-order valence-electron chi connectivity index (χ0n) is 25.9. The lowest BCUT2D eigenvalue weighted by molar-refractivity contribution is -0.124. The topological polar surface area (TPSA) is 170 Å². The van der Waals surface area contributed by atoms with Crippen LogP contribution < -0.4 is 20.4 Å². The van der Waals surface area contributed by atoms with Crippen LogP contribution in [0, 0.1) is 11.3 Å². The average Bonchev–Trinajstić information content (AvgIpc) is 3.12. The number of aromatic hydroxyl groups is 1. The number of hydrogen-bond acceptors (Lipinski definition) is 11. The lowest BCUT2D eigenvalue weighted by Gasteiger charge is -2.34. The minimum absolute atomic E-state index is 0.0489. The number of ether oxygens (including phenoxy) is 2. The van der Waals surface area contributed by atoms with Crippen molar-refractivity contribution in [2.24, 2.45) is 0 Å². The van der Waals surface area contributed by atoms with E-state index in [4.69, 9.17) is 19.7 Å². The second-order valence-electron chi connectivity index (χ2n) is 10.9. The SMILES string of the molecule is COC(=O)c1ccc(-c2c(-c3ccc(OC)c(O)c3)cnc(N3CCC(NCc4ccc(/C=C/C(=O)NO)cc4)CC3)c2C#N)cn1. The van der Waals surface area contributed by atoms with Gasteiger partial charge in [-0.15, -0.1) is 0 Å².